The second-order valence-electron chi connectivity index (χ2n) is 5.05. The van der Waals surface area contributed by atoms with Gasteiger partial charge in [0.1, 0.15) is 0 Å². The molecule has 0 fully saturated rings. The fraction of sp³-hybridized carbons (Fsp3) is 0.176. The summed E-state index contributed by atoms with van der Waals surface area (Å²) in [4.78, 5) is 23.6. The summed E-state index contributed by atoms with van der Waals surface area (Å²) in [7, 11) is 0. The summed E-state index contributed by atoms with van der Waals surface area (Å²) >= 11 is 5.81. The third kappa shape index (κ3) is 4.81. The minimum absolute atomic E-state index is 0.0490. The Bertz CT molecular complexity index is 718. The molecular formula is C17H17ClN2O3. The van der Waals surface area contributed by atoms with Crippen molar-refractivity contribution in [2.24, 2.45) is 0 Å². The maximum Gasteiger partial charge on any atom is 0.313 e. The zero-order chi connectivity index (χ0) is 16.8. The van der Waals surface area contributed by atoms with Gasteiger partial charge in [0.2, 0.25) is 0 Å². The Morgan fingerprint density at radius 1 is 1.13 bits per heavy atom. The fourth-order valence-electron chi connectivity index (χ4n) is 2.09. The van der Waals surface area contributed by atoms with E-state index in [1.165, 1.54) is 6.07 Å². The predicted octanol–water partition coefficient (Wildman–Crippen LogP) is 2.44. The standard InChI is InChI=1S/C17H17ClN2O3/c1-11-5-2-3-8-14(11)15(21)10-19-16(22)17(23)20-13-7-4-6-12(18)9-13/h2-9,15,21H,10H2,1H3,(H,19,22)(H,20,23)/t15-/m1/s1. The number of rotatable bonds is 4. The molecule has 0 aliphatic rings. The number of nitrogens with one attached hydrogen (secondary N) is 2. The quantitative estimate of drug-likeness (QED) is 0.752. The van der Waals surface area contributed by atoms with Crippen molar-refractivity contribution in [1.82, 2.24) is 5.32 Å². The van der Waals surface area contributed by atoms with Crippen LogP contribution < -0.4 is 10.6 Å². The van der Waals surface area contributed by atoms with Crippen molar-refractivity contribution in [2.75, 3.05) is 11.9 Å². The molecule has 0 aliphatic carbocycles. The lowest BCUT2D eigenvalue weighted by atomic mass is 10.0. The maximum absolute atomic E-state index is 11.8. The van der Waals surface area contributed by atoms with Crippen molar-refractivity contribution in [2.45, 2.75) is 13.0 Å². The monoisotopic (exact) mass is 332 g/mol. The lowest BCUT2D eigenvalue weighted by Gasteiger charge is -2.14. The third-order valence-corrected chi connectivity index (χ3v) is 3.53. The molecule has 0 aliphatic heterocycles. The molecule has 6 heteroatoms. The van der Waals surface area contributed by atoms with Gasteiger partial charge in [-0.1, -0.05) is 41.9 Å². The van der Waals surface area contributed by atoms with Gasteiger partial charge >= 0.3 is 11.8 Å². The molecule has 0 saturated heterocycles. The average molecular weight is 333 g/mol. The Balaban J connectivity index is 1.89. The van der Waals surface area contributed by atoms with Gasteiger partial charge in [-0.15, -0.1) is 0 Å². The van der Waals surface area contributed by atoms with E-state index in [0.717, 1.165) is 5.56 Å². The summed E-state index contributed by atoms with van der Waals surface area (Å²) in [5.74, 6) is -1.64. The van der Waals surface area contributed by atoms with Crippen molar-refractivity contribution >= 4 is 29.1 Å². The first-order valence-corrected chi connectivity index (χ1v) is 7.43. The van der Waals surface area contributed by atoms with E-state index < -0.39 is 17.9 Å². The van der Waals surface area contributed by atoms with Crippen molar-refractivity contribution in [3.63, 3.8) is 0 Å². The molecule has 2 aromatic rings. The van der Waals surface area contributed by atoms with E-state index in [9.17, 15) is 14.7 Å². The molecular weight excluding hydrogens is 316 g/mol. The van der Waals surface area contributed by atoms with Gasteiger partial charge in [-0.2, -0.15) is 0 Å². The summed E-state index contributed by atoms with van der Waals surface area (Å²) in [5, 5.41) is 15.4. The zero-order valence-electron chi connectivity index (χ0n) is 12.5. The van der Waals surface area contributed by atoms with E-state index in [4.69, 9.17) is 11.6 Å². The first-order valence-electron chi connectivity index (χ1n) is 7.05. The number of amides is 2. The van der Waals surface area contributed by atoms with Crippen LogP contribution in [0.4, 0.5) is 5.69 Å². The van der Waals surface area contributed by atoms with E-state index in [1.54, 1.807) is 30.3 Å². The number of benzene rings is 2. The van der Waals surface area contributed by atoms with Gasteiger partial charge in [0, 0.05) is 17.3 Å². The molecule has 1 atom stereocenters. The smallest absolute Gasteiger partial charge is 0.313 e. The Morgan fingerprint density at radius 2 is 1.87 bits per heavy atom. The highest BCUT2D eigenvalue weighted by atomic mass is 35.5. The van der Waals surface area contributed by atoms with Crippen LogP contribution in [0.3, 0.4) is 0 Å². The minimum atomic E-state index is -0.876. The van der Waals surface area contributed by atoms with Crippen molar-refractivity contribution < 1.29 is 14.7 Å². The minimum Gasteiger partial charge on any atom is -0.387 e. The number of aryl methyl sites for hydroxylation is 1. The van der Waals surface area contributed by atoms with Crippen molar-refractivity contribution in [3.05, 3.63) is 64.7 Å². The highest BCUT2D eigenvalue weighted by Gasteiger charge is 2.16. The number of carbonyl (C=O) groups excluding carboxylic acids is 2. The van der Waals surface area contributed by atoms with E-state index >= 15 is 0 Å². The van der Waals surface area contributed by atoms with E-state index in [1.807, 2.05) is 19.1 Å². The predicted molar refractivity (Wildman–Crippen MR) is 89.2 cm³/mol. The zero-order valence-corrected chi connectivity index (χ0v) is 13.3. The molecule has 23 heavy (non-hydrogen) atoms. The number of halogens is 1. The number of carbonyl (C=O) groups is 2. The lowest BCUT2D eigenvalue weighted by molar-refractivity contribution is -0.136. The van der Waals surface area contributed by atoms with Crippen LogP contribution in [-0.4, -0.2) is 23.5 Å². The second-order valence-corrected chi connectivity index (χ2v) is 5.48. The van der Waals surface area contributed by atoms with E-state index in [2.05, 4.69) is 10.6 Å². The molecule has 0 radical (unpaired) electrons. The van der Waals surface area contributed by atoms with Crippen LogP contribution >= 0.6 is 11.6 Å². The van der Waals surface area contributed by atoms with Crippen LogP contribution in [0.25, 0.3) is 0 Å². The van der Waals surface area contributed by atoms with Crippen molar-refractivity contribution in [3.8, 4) is 0 Å². The Hall–Kier alpha value is -2.37. The van der Waals surface area contributed by atoms with E-state index in [0.29, 0.717) is 16.3 Å². The number of aliphatic hydroxyl groups is 1. The first-order chi connectivity index (χ1) is 11.0. The summed E-state index contributed by atoms with van der Waals surface area (Å²) in [5.41, 5.74) is 2.05. The molecule has 0 heterocycles. The van der Waals surface area contributed by atoms with Gasteiger partial charge in [0.05, 0.1) is 6.10 Å². The molecule has 0 saturated carbocycles. The van der Waals surface area contributed by atoms with Gasteiger partial charge in [0.15, 0.2) is 0 Å². The molecule has 0 aromatic heterocycles. The number of aliphatic hydroxyl groups excluding tert-OH is 1. The van der Waals surface area contributed by atoms with Gasteiger partial charge in [0.25, 0.3) is 0 Å². The number of hydrogen-bond acceptors (Lipinski definition) is 3. The summed E-state index contributed by atoms with van der Waals surface area (Å²) in [6.45, 7) is 1.82. The van der Waals surface area contributed by atoms with Gasteiger partial charge in [-0.25, -0.2) is 0 Å². The van der Waals surface area contributed by atoms with Crippen LogP contribution in [0.2, 0.25) is 5.02 Å². The van der Waals surface area contributed by atoms with E-state index in [-0.39, 0.29) is 6.54 Å². The molecule has 0 spiro atoms. The third-order valence-electron chi connectivity index (χ3n) is 3.29. The maximum atomic E-state index is 11.8. The molecule has 3 N–H and O–H groups in total. The van der Waals surface area contributed by atoms with Gasteiger partial charge in [-0.05, 0) is 36.2 Å². The molecule has 0 unspecified atom stereocenters. The molecule has 2 amide bonds. The molecule has 120 valence electrons. The first kappa shape index (κ1) is 17.0. The molecule has 0 bridgehead atoms. The number of anilines is 1. The van der Waals surface area contributed by atoms with Crippen molar-refractivity contribution in [1.29, 1.82) is 0 Å². The number of hydrogen-bond donors (Lipinski definition) is 3. The van der Waals surface area contributed by atoms with Crippen LogP contribution in [-0.2, 0) is 9.59 Å². The van der Waals surface area contributed by atoms with Crippen LogP contribution in [0.1, 0.15) is 17.2 Å². The average Bonchev–Trinajstić information content (AvgIpc) is 2.52. The normalized spacial score (nSPS) is 11.6. The van der Waals surface area contributed by atoms with Gasteiger partial charge < -0.3 is 15.7 Å². The topological polar surface area (TPSA) is 78.4 Å². The lowest BCUT2D eigenvalue weighted by Crippen LogP contribution is -2.37. The van der Waals surface area contributed by atoms with Crippen LogP contribution in [0, 0.1) is 6.92 Å². The van der Waals surface area contributed by atoms with Crippen LogP contribution in [0.15, 0.2) is 48.5 Å². The molecule has 2 rings (SSSR count). The molecule has 5 nitrogen and oxygen atoms in total. The molecule has 2 aromatic carbocycles. The SMILES string of the molecule is Cc1ccccc1[C@H](O)CNC(=O)C(=O)Nc1cccc(Cl)c1. The summed E-state index contributed by atoms with van der Waals surface area (Å²) in [6, 6.07) is 13.8. The highest BCUT2D eigenvalue weighted by molar-refractivity contribution is 6.39. The van der Waals surface area contributed by atoms with Crippen LogP contribution in [0.5, 0.6) is 0 Å². The Kier molecular flexibility index (Phi) is 5.73. The highest BCUT2D eigenvalue weighted by Crippen LogP contribution is 2.16. The fourth-order valence-corrected chi connectivity index (χ4v) is 2.28. The summed E-state index contributed by atoms with van der Waals surface area (Å²) in [6.07, 6.45) is -0.876. The Morgan fingerprint density at radius 3 is 2.57 bits per heavy atom. The summed E-state index contributed by atoms with van der Waals surface area (Å²) < 4.78 is 0. The largest absolute Gasteiger partial charge is 0.387 e. The Labute approximate surface area is 139 Å². The van der Waals surface area contributed by atoms with Gasteiger partial charge in [-0.3, -0.25) is 9.59 Å². The second kappa shape index (κ2) is 7.76.